The fourth-order valence-electron chi connectivity index (χ4n) is 2.81. The first kappa shape index (κ1) is 15.4. The first-order chi connectivity index (χ1) is 11.3. The fourth-order valence-corrected chi connectivity index (χ4v) is 2.81. The number of nitrogens with one attached hydrogen (secondary N) is 2. The Balaban J connectivity index is 1.55. The Morgan fingerprint density at radius 3 is 3.04 bits per heavy atom. The summed E-state index contributed by atoms with van der Waals surface area (Å²) in [6.07, 6.45) is 6.26. The molecule has 23 heavy (non-hydrogen) atoms. The molecule has 2 aromatic heterocycles. The molecule has 2 N–H and O–H groups in total. The molecule has 1 amide bonds. The van der Waals surface area contributed by atoms with E-state index in [9.17, 15) is 4.79 Å². The van der Waals surface area contributed by atoms with E-state index in [-0.39, 0.29) is 5.91 Å². The lowest BCUT2D eigenvalue weighted by atomic mass is 10.3. The Labute approximate surface area is 135 Å². The zero-order valence-electron chi connectivity index (χ0n) is 13.3. The molecule has 2 aromatic rings. The lowest BCUT2D eigenvalue weighted by molar-refractivity contribution is -0.127. The summed E-state index contributed by atoms with van der Waals surface area (Å²) in [7, 11) is 1.65. The second-order valence-electron chi connectivity index (χ2n) is 5.62. The van der Waals surface area contributed by atoms with Crippen LogP contribution in [-0.4, -0.2) is 53.7 Å². The summed E-state index contributed by atoms with van der Waals surface area (Å²) < 4.78 is 5.39. The van der Waals surface area contributed by atoms with Crippen LogP contribution in [0.5, 0.6) is 5.75 Å². The van der Waals surface area contributed by atoms with E-state index in [1.54, 1.807) is 13.3 Å². The second kappa shape index (κ2) is 7.17. The van der Waals surface area contributed by atoms with E-state index in [4.69, 9.17) is 4.74 Å². The molecule has 0 unspecified atom stereocenters. The van der Waals surface area contributed by atoms with Crippen LogP contribution in [0.4, 0.5) is 0 Å². The average Bonchev–Trinajstić information content (AvgIpc) is 3.27. The molecule has 0 radical (unpaired) electrons. The summed E-state index contributed by atoms with van der Waals surface area (Å²) >= 11 is 0. The predicted molar refractivity (Wildman–Crippen MR) is 90.0 cm³/mol. The maximum absolute atomic E-state index is 11.5. The SMILES string of the molecule is COc1cc(-c2ccc[nH]2)[nH]c1C=NCCCN1CCCC1=O. The van der Waals surface area contributed by atoms with Crippen molar-refractivity contribution in [1.82, 2.24) is 14.9 Å². The number of hydrogen-bond acceptors (Lipinski definition) is 3. The third kappa shape index (κ3) is 3.64. The number of likely N-dealkylation sites (tertiary alicyclic amines) is 1. The van der Waals surface area contributed by atoms with E-state index < -0.39 is 0 Å². The lowest BCUT2D eigenvalue weighted by Crippen LogP contribution is -2.26. The van der Waals surface area contributed by atoms with Gasteiger partial charge in [0.2, 0.25) is 5.91 Å². The van der Waals surface area contributed by atoms with E-state index in [1.165, 1.54) is 0 Å². The van der Waals surface area contributed by atoms with Crippen LogP contribution in [-0.2, 0) is 4.79 Å². The fraction of sp³-hybridized carbons (Fsp3) is 0.412. The summed E-state index contributed by atoms with van der Waals surface area (Å²) in [5, 5.41) is 0. The minimum atomic E-state index is 0.274. The molecule has 0 saturated carbocycles. The number of aromatic amines is 2. The third-order valence-corrected chi connectivity index (χ3v) is 4.03. The van der Waals surface area contributed by atoms with Gasteiger partial charge in [0.25, 0.3) is 0 Å². The van der Waals surface area contributed by atoms with Crippen LogP contribution in [0.3, 0.4) is 0 Å². The van der Waals surface area contributed by atoms with E-state index in [1.807, 2.05) is 29.3 Å². The highest BCUT2D eigenvalue weighted by Crippen LogP contribution is 2.25. The van der Waals surface area contributed by atoms with Gasteiger partial charge in [0.1, 0.15) is 5.75 Å². The smallest absolute Gasteiger partial charge is 0.222 e. The molecule has 0 bridgehead atoms. The normalized spacial score (nSPS) is 15.0. The van der Waals surface area contributed by atoms with Crippen molar-refractivity contribution in [3.05, 3.63) is 30.1 Å². The van der Waals surface area contributed by atoms with Gasteiger partial charge in [-0.25, -0.2) is 0 Å². The monoisotopic (exact) mass is 314 g/mol. The average molecular weight is 314 g/mol. The molecule has 0 aliphatic carbocycles. The molecule has 1 aliphatic rings. The van der Waals surface area contributed by atoms with Crippen molar-refractivity contribution in [3.63, 3.8) is 0 Å². The van der Waals surface area contributed by atoms with Gasteiger partial charge < -0.3 is 19.6 Å². The van der Waals surface area contributed by atoms with E-state index in [0.29, 0.717) is 13.0 Å². The van der Waals surface area contributed by atoms with Crippen LogP contribution >= 0.6 is 0 Å². The minimum Gasteiger partial charge on any atom is -0.494 e. The Bertz CT molecular complexity index is 673. The van der Waals surface area contributed by atoms with Crippen molar-refractivity contribution in [3.8, 4) is 17.1 Å². The number of aliphatic imine (C=N–C) groups is 1. The molecule has 1 fully saturated rings. The van der Waals surface area contributed by atoms with Crippen LogP contribution in [0.2, 0.25) is 0 Å². The lowest BCUT2D eigenvalue weighted by Gasteiger charge is -2.13. The number of H-pyrrole nitrogens is 2. The standard InChI is InChI=1S/C17H22N4O2/c1-23-16-11-14(13-5-2-8-19-13)20-15(16)12-18-7-4-10-21-9-3-6-17(21)22/h2,5,8,11-12,19-20H,3-4,6-7,9-10H2,1H3. The molecule has 1 aliphatic heterocycles. The van der Waals surface area contributed by atoms with Gasteiger partial charge in [-0.05, 0) is 25.0 Å². The highest BCUT2D eigenvalue weighted by atomic mass is 16.5. The Morgan fingerprint density at radius 2 is 2.35 bits per heavy atom. The van der Waals surface area contributed by atoms with Crippen LogP contribution in [0.25, 0.3) is 11.4 Å². The van der Waals surface area contributed by atoms with Gasteiger partial charge in [-0.15, -0.1) is 0 Å². The zero-order valence-corrected chi connectivity index (χ0v) is 13.3. The third-order valence-electron chi connectivity index (χ3n) is 4.03. The van der Waals surface area contributed by atoms with Gasteiger partial charge in [0, 0.05) is 44.5 Å². The molecule has 6 nitrogen and oxygen atoms in total. The molecule has 0 aromatic carbocycles. The summed E-state index contributed by atoms with van der Waals surface area (Å²) in [5.41, 5.74) is 2.83. The van der Waals surface area contributed by atoms with Crippen molar-refractivity contribution < 1.29 is 9.53 Å². The number of carbonyl (C=O) groups excluding carboxylic acids is 1. The molecule has 1 saturated heterocycles. The molecule has 3 heterocycles. The van der Waals surface area contributed by atoms with Crippen LogP contribution in [0.1, 0.15) is 25.0 Å². The number of aromatic nitrogens is 2. The molecule has 122 valence electrons. The maximum Gasteiger partial charge on any atom is 0.222 e. The van der Waals surface area contributed by atoms with Crippen LogP contribution < -0.4 is 4.74 Å². The number of amides is 1. The topological polar surface area (TPSA) is 73.5 Å². The number of hydrogen-bond donors (Lipinski definition) is 2. The highest BCUT2D eigenvalue weighted by molar-refractivity contribution is 5.83. The largest absolute Gasteiger partial charge is 0.494 e. The molecule has 3 rings (SSSR count). The van der Waals surface area contributed by atoms with Crippen molar-refractivity contribution in [1.29, 1.82) is 0 Å². The summed E-state index contributed by atoms with van der Waals surface area (Å²) in [4.78, 5) is 24.4. The number of rotatable bonds is 7. The van der Waals surface area contributed by atoms with Crippen molar-refractivity contribution in [2.24, 2.45) is 4.99 Å². The van der Waals surface area contributed by atoms with E-state index in [0.717, 1.165) is 48.8 Å². The minimum absolute atomic E-state index is 0.274. The molecular formula is C17H22N4O2. The van der Waals surface area contributed by atoms with Crippen LogP contribution in [0.15, 0.2) is 29.4 Å². The summed E-state index contributed by atoms with van der Waals surface area (Å²) in [5.74, 6) is 1.05. The predicted octanol–water partition coefficient (Wildman–Crippen LogP) is 2.45. The quantitative estimate of drug-likeness (QED) is 0.608. The highest BCUT2D eigenvalue weighted by Gasteiger charge is 2.18. The Kier molecular flexibility index (Phi) is 4.80. The van der Waals surface area contributed by atoms with Gasteiger partial charge in [-0.1, -0.05) is 0 Å². The Hall–Kier alpha value is -2.50. The number of carbonyl (C=O) groups is 1. The van der Waals surface area contributed by atoms with Crippen LogP contribution in [0, 0.1) is 0 Å². The first-order valence-corrected chi connectivity index (χ1v) is 7.96. The summed E-state index contributed by atoms with van der Waals surface area (Å²) in [6.45, 7) is 2.39. The number of nitrogens with zero attached hydrogens (tertiary/aromatic N) is 2. The van der Waals surface area contributed by atoms with Crippen molar-refractivity contribution in [2.45, 2.75) is 19.3 Å². The van der Waals surface area contributed by atoms with Crippen molar-refractivity contribution in [2.75, 3.05) is 26.7 Å². The van der Waals surface area contributed by atoms with Gasteiger partial charge in [0.15, 0.2) is 0 Å². The van der Waals surface area contributed by atoms with Crippen molar-refractivity contribution >= 4 is 12.1 Å². The number of ether oxygens (including phenoxy) is 1. The molecule has 0 atom stereocenters. The van der Waals surface area contributed by atoms with Gasteiger partial charge >= 0.3 is 0 Å². The molecule has 6 heteroatoms. The Morgan fingerprint density at radius 1 is 1.43 bits per heavy atom. The molecule has 0 spiro atoms. The zero-order chi connectivity index (χ0) is 16.1. The molecular weight excluding hydrogens is 292 g/mol. The number of methoxy groups -OCH3 is 1. The van der Waals surface area contributed by atoms with Gasteiger partial charge in [-0.3, -0.25) is 9.79 Å². The maximum atomic E-state index is 11.5. The van der Waals surface area contributed by atoms with E-state index >= 15 is 0 Å². The van der Waals surface area contributed by atoms with E-state index in [2.05, 4.69) is 15.0 Å². The summed E-state index contributed by atoms with van der Waals surface area (Å²) in [6, 6.07) is 5.91. The van der Waals surface area contributed by atoms with Gasteiger partial charge in [-0.2, -0.15) is 0 Å². The first-order valence-electron chi connectivity index (χ1n) is 7.96. The van der Waals surface area contributed by atoms with Gasteiger partial charge in [0.05, 0.1) is 24.2 Å². The second-order valence-corrected chi connectivity index (χ2v) is 5.62.